The van der Waals surface area contributed by atoms with Gasteiger partial charge in [0.25, 0.3) is 5.91 Å². The molecule has 0 bridgehead atoms. The Hall–Kier alpha value is -1.42. The van der Waals surface area contributed by atoms with Crippen LogP contribution in [0.25, 0.3) is 0 Å². The van der Waals surface area contributed by atoms with Gasteiger partial charge < -0.3 is 17.7 Å². The van der Waals surface area contributed by atoms with Crippen LogP contribution in [0.1, 0.15) is 26.3 Å². The molecule has 1 rings (SSSR count). The van der Waals surface area contributed by atoms with E-state index in [-0.39, 0.29) is 30.1 Å². The number of nitrogens with zero attached hydrogens (tertiary/aromatic N) is 1. The van der Waals surface area contributed by atoms with Gasteiger partial charge in [-0.25, -0.2) is 0 Å². The number of pyridine rings is 1. The fourth-order valence-electron chi connectivity index (χ4n) is 1.32. The van der Waals surface area contributed by atoms with Crippen LogP contribution in [0.3, 0.4) is 0 Å². The highest BCUT2D eigenvalue weighted by Crippen LogP contribution is 1.94. The first kappa shape index (κ1) is 15.6. The monoisotopic (exact) mass is 256 g/mol. The molecule has 0 fully saturated rings. The molecule has 1 aromatic rings. The minimum absolute atomic E-state index is 0. The molecule has 5 heteroatoms. The maximum Gasteiger partial charge on any atom is 0.288 e. The third-order valence-electron chi connectivity index (χ3n) is 2.34. The topological polar surface area (TPSA) is 50.1 Å². The Labute approximate surface area is 107 Å². The maximum atomic E-state index is 11.7. The van der Waals surface area contributed by atoms with Crippen LogP contribution in [0.2, 0.25) is 0 Å². The standard InChI is InChI=1S/C12H16N2O2.ClH/c1-10(15)6-7-13-12(16)11(2)14-8-4-3-5-9-14;/h3-5,8-9,11H,6-7H2,1-2H3;1H. The number of hydrogen-bond donors (Lipinski definition) is 1. The van der Waals surface area contributed by atoms with E-state index in [9.17, 15) is 9.59 Å². The molecule has 17 heavy (non-hydrogen) atoms. The highest BCUT2D eigenvalue weighted by Gasteiger charge is 2.20. The van der Waals surface area contributed by atoms with Crippen LogP contribution in [0.5, 0.6) is 0 Å². The van der Waals surface area contributed by atoms with Gasteiger partial charge in [0.1, 0.15) is 5.78 Å². The summed E-state index contributed by atoms with van der Waals surface area (Å²) in [5.41, 5.74) is 0. The Morgan fingerprint density at radius 1 is 1.24 bits per heavy atom. The summed E-state index contributed by atoms with van der Waals surface area (Å²) in [6, 6.07) is 5.39. The first-order valence-corrected chi connectivity index (χ1v) is 5.34. The van der Waals surface area contributed by atoms with Gasteiger partial charge in [0.2, 0.25) is 6.04 Å². The molecular weight excluding hydrogens is 240 g/mol. The highest BCUT2D eigenvalue weighted by molar-refractivity contribution is 5.80. The van der Waals surface area contributed by atoms with Crippen LogP contribution in [0.4, 0.5) is 0 Å². The quantitative estimate of drug-likeness (QED) is 0.599. The fraction of sp³-hybridized carbons (Fsp3) is 0.417. The molecule has 4 nitrogen and oxygen atoms in total. The molecule has 0 spiro atoms. The SMILES string of the molecule is CC(=O)CCNC(=O)C(C)[n+]1ccccc1.[Cl-]. The number of rotatable bonds is 5. The van der Waals surface area contributed by atoms with E-state index >= 15 is 0 Å². The van der Waals surface area contributed by atoms with Gasteiger partial charge in [0, 0.05) is 32.0 Å². The third-order valence-corrected chi connectivity index (χ3v) is 2.34. The molecule has 0 aliphatic carbocycles. The van der Waals surface area contributed by atoms with E-state index in [1.807, 2.05) is 42.1 Å². The number of hydrogen-bond acceptors (Lipinski definition) is 2. The second kappa shape index (κ2) is 7.79. The predicted molar refractivity (Wildman–Crippen MR) is 59.7 cm³/mol. The molecule has 94 valence electrons. The normalized spacial score (nSPS) is 11.2. The van der Waals surface area contributed by atoms with Gasteiger partial charge in [-0.3, -0.25) is 9.59 Å². The fourth-order valence-corrected chi connectivity index (χ4v) is 1.32. The van der Waals surface area contributed by atoms with Crippen LogP contribution in [-0.2, 0) is 9.59 Å². The van der Waals surface area contributed by atoms with Crippen molar-refractivity contribution in [3.05, 3.63) is 30.6 Å². The number of carbonyl (C=O) groups excluding carboxylic acids is 2. The zero-order valence-corrected chi connectivity index (χ0v) is 10.8. The maximum absolute atomic E-state index is 11.7. The van der Waals surface area contributed by atoms with Crippen molar-refractivity contribution in [3.8, 4) is 0 Å². The molecule has 1 aromatic heterocycles. The van der Waals surface area contributed by atoms with Gasteiger partial charge in [-0.1, -0.05) is 6.07 Å². The zero-order chi connectivity index (χ0) is 12.0. The van der Waals surface area contributed by atoms with Crippen LogP contribution in [0.15, 0.2) is 30.6 Å². The number of halogens is 1. The molecule has 0 radical (unpaired) electrons. The summed E-state index contributed by atoms with van der Waals surface area (Å²) in [5, 5.41) is 2.73. The molecule has 0 saturated carbocycles. The number of carbonyl (C=O) groups is 2. The number of amides is 1. The Balaban J connectivity index is 0.00000256. The first-order chi connectivity index (χ1) is 7.61. The van der Waals surface area contributed by atoms with Crippen molar-refractivity contribution in [1.29, 1.82) is 0 Å². The summed E-state index contributed by atoms with van der Waals surface area (Å²) in [5.74, 6) is 0.0118. The predicted octanol–water partition coefficient (Wildman–Crippen LogP) is -2.37. The van der Waals surface area contributed by atoms with Crippen molar-refractivity contribution in [1.82, 2.24) is 5.32 Å². The second-order valence-corrected chi connectivity index (χ2v) is 3.74. The van der Waals surface area contributed by atoms with E-state index in [4.69, 9.17) is 0 Å². The summed E-state index contributed by atoms with van der Waals surface area (Å²) in [6.45, 7) is 3.75. The molecule has 1 atom stereocenters. The van der Waals surface area contributed by atoms with Crippen LogP contribution in [-0.4, -0.2) is 18.2 Å². The zero-order valence-electron chi connectivity index (χ0n) is 10.0. The minimum atomic E-state index is -0.256. The van der Waals surface area contributed by atoms with Gasteiger partial charge in [0.15, 0.2) is 12.4 Å². The molecule has 1 N–H and O–H groups in total. The van der Waals surface area contributed by atoms with Crippen molar-refractivity contribution < 1.29 is 26.6 Å². The van der Waals surface area contributed by atoms with E-state index in [0.717, 1.165) is 0 Å². The average molecular weight is 257 g/mol. The van der Waals surface area contributed by atoms with Gasteiger partial charge >= 0.3 is 0 Å². The second-order valence-electron chi connectivity index (χ2n) is 3.74. The first-order valence-electron chi connectivity index (χ1n) is 5.34. The number of aromatic nitrogens is 1. The summed E-state index contributed by atoms with van der Waals surface area (Å²) >= 11 is 0. The molecular formula is C12H17ClN2O2. The van der Waals surface area contributed by atoms with Crippen LogP contribution < -0.4 is 22.3 Å². The summed E-state index contributed by atoms with van der Waals surface area (Å²) in [4.78, 5) is 22.4. The molecule has 0 saturated heterocycles. The lowest BCUT2D eigenvalue weighted by Gasteiger charge is -2.07. The van der Waals surface area contributed by atoms with Gasteiger partial charge in [-0.15, -0.1) is 0 Å². The van der Waals surface area contributed by atoms with E-state index < -0.39 is 0 Å². The summed E-state index contributed by atoms with van der Waals surface area (Å²) < 4.78 is 1.82. The lowest BCUT2D eigenvalue weighted by Crippen LogP contribution is -3.00. The Bertz CT molecular complexity index is 368. The summed E-state index contributed by atoms with van der Waals surface area (Å²) in [7, 11) is 0. The number of ketones is 1. The summed E-state index contributed by atoms with van der Waals surface area (Å²) in [6.07, 6.45) is 4.07. The van der Waals surface area contributed by atoms with Gasteiger partial charge in [-0.2, -0.15) is 4.57 Å². The number of Topliss-reactive ketones (excluding diaryl/α,β-unsaturated/α-hetero) is 1. The molecule has 1 heterocycles. The van der Waals surface area contributed by atoms with Crippen molar-refractivity contribution in [2.75, 3.05) is 6.54 Å². The van der Waals surface area contributed by atoms with Gasteiger partial charge in [0.05, 0.1) is 0 Å². The van der Waals surface area contributed by atoms with Crippen LogP contribution in [0, 0.1) is 0 Å². The average Bonchev–Trinajstić information content (AvgIpc) is 2.28. The van der Waals surface area contributed by atoms with Crippen molar-refractivity contribution in [2.24, 2.45) is 0 Å². The molecule has 0 aliphatic heterocycles. The van der Waals surface area contributed by atoms with E-state index in [1.54, 1.807) is 0 Å². The smallest absolute Gasteiger partial charge is 0.288 e. The molecule has 1 amide bonds. The lowest BCUT2D eigenvalue weighted by molar-refractivity contribution is -0.706. The lowest BCUT2D eigenvalue weighted by atomic mass is 10.2. The highest BCUT2D eigenvalue weighted by atomic mass is 35.5. The largest absolute Gasteiger partial charge is 1.00 e. The molecule has 0 aliphatic rings. The van der Waals surface area contributed by atoms with E-state index in [2.05, 4.69) is 5.32 Å². The minimum Gasteiger partial charge on any atom is -1.00 e. The number of nitrogens with one attached hydrogen (secondary N) is 1. The Morgan fingerprint density at radius 2 is 1.82 bits per heavy atom. The van der Waals surface area contributed by atoms with E-state index in [0.29, 0.717) is 13.0 Å². The van der Waals surface area contributed by atoms with Crippen LogP contribution >= 0.6 is 0 Å². The van der Waals surface area contributed by atoms with Crippen molar-refractivity contribution in [3.63, 3.8) is 0 Å². The molecule has 0 aromatic carbocycles. The van der Waals surface area contributed by atoms with Gasteiger partial charge in [-0.05, 0) is 6.92 Å². The Morgan fingerprint density at radius 3 is 2.35 bits per heavy atom. The molecule has 1 unspecified atom stereocenters. The van der Waals surface area contributed by atoms with Crippen molar-refractivity contribution in [2.45, 2.75) is 26.3 Å². The third kappa shape index (κ3) is 5.45. The Kier molecular flexibility index (Phi) is 7.14. The van der Waals surface area contributed by atoms with E-state index in [1.165, 1.54) is 6.92 Å². The van der Waals surface area contributed by atoms with Crippen molar-refractivity contribution >= 4 is 11.7 Å².